The van der Waals surface area contributed by atoms with Crippen LogP contribution in [-0.2, 0) is 16.0 Å². The summed E-state index contributed by atoms with van der Waals surface area (Å²) in [5.74, 6) is 0.325. The number of amides is 2. The Morgan fingerprint density at radius 3 is 2.51 bits per heavy atom. The number of nitrogens with one attached hydrogen (secondary N) is 2. The van der Waals surface area contributed by atoms with Gasteiger partial charge in [0.15, 0.2) is 0 Å². The molecule has 8 nitrogen and oxygen atoms in total. The zero-order valence-corrected chi connectivity index (χ0v) is 19.6. The van der Waals surface area contributed by atoms with Crippen molar-refractivity contribution in [3.63, 3.8) is 0 Å². The standard InChI is InChI=1S/C27H28N6O2/c1-32-15-16-33(19-25(32)34)23-11-12-24(30-18-23)31-27(35)26(22-5-3-2-4-6-22)29-14-13-20-7-9-21(17-28)10-8-20/h2-12,18,26,29H,13-16,19H2,1H3,(H,30,31,35)/t26-/m1/s1. The predicted octanol–water partition coefficient (Wildman–Crippen LogP) is 2.74. The average Bonchev–Trinajstić information content (AvgIpc) is 2.89. The van der Waals surface area contributed by atoms with Gasteiger partial charge in [0.25, 0.3) is 0 Å². The maximum Gasteiger partial charge on any atom is 0.247 e. The quantitative estimate of drug-likeness (QED) is 0.527. The van der Waals surface area contributed by atoms with Gasteiger partial charge in [-0.2, -0.15) is 5.26 Å². The first-order chi connectivity index (χ1) is 17.0. The SMILES string of the molecule is CN1CCN(c2ccc(NC(=O)[C@H](NCCc3ccc(C#N)cc3)c3ccccc3)nc2)CC1=O. The minimum Gasteiger partial charge on any atom is -0.359 e. The number of benzene rings is 2. The minimum absolute atomic E-state index is 0.0754. The summed E-state index contributed by atoms with van der Waals surface area (Å²) in [7, 11) is 1.80. The lowest BCUT2D eigenvalue weighted by atomic mass is 10.1. The van der Waals surface area contributed by atoms with Crippen molar-refractivity contribution in [1.82, 2.24) is 15.2 Å². The molecule has 0 aliphatic carbocycles. The molecule has 0 bridgehead atoms. The van der Waals surface area contributed by atoms with E-state index < -0.39 is 6.04 Å². The van der Waals surface area contributed by atoms with E-state index >= 15 is 0 Å². The van der Waals surface area contributed by atoms with Crippen LogP contribution in [0.3, 0.4) is 0 Å². The Bertz CT molecular complexity index is 1190. The Balaban J connectivity index is 1.39. The summed E-state index contributed by atoms with van der Waals surface area (Å²) < 4.78 is 0. The van der Waals surface area contributed by atoms with Crippen LogP contribution in [0.5, 0.6) is 0 Å². The molecule has 2 N–H and O–H groups in total. The largest absolute Gasteiger partial charge is 0.359 e. The highest BCUT2D eigenvalue weighted by Gasteiger charge is 2.23. The van der Waals surface area contributed by atoms with E-state index in [4.69, 9.17) is 5.26 Å². The molecule has 1 aromatic heterocycles. The molecule has 1 saturated heterocycles. The monoisotopic (exact) mass is 468 g/mol. The molecule has 1 atom stereocenters. The second-order valence-electron chi connectivity index (χ2n) is 8.48. The summed E-state index contributed by atoms with van der Waals surface area (Å²) in [6.45, 7) is 2.32. The molecule has 1 fully saturated rings. The van der Waals surface area contributed by atoms with Gasteiger partial charge in [0.1, 0.15) is 11.9 Å². The topological polar surface area (TPSA) is 101 Å². The summed E-state index contributed by atoms with van der Waals surface area (Å²) in [5.41, 5.74) is 3.42. The summed E-state index contributed by atoms with van der Waals surface area (Å²) >= 11 is 0. The first-order valence-corrected chi connectivity index (χ1v) is 11.6. The van der Waals surface area contributed by atoms with E-state index in [1.165, 1.54) is 0 Å². The van der Waals surface area contributed by atoms with Gasteiger partial charge in [0.2, 0.25) is 11.8 Å². The molecule has 2 heterocycles. The number of carbonyl (C=O) groups is 2. The van der Waals surface area contributed by atoms with Gasteiger partial charge in [-0.1, -0.05) is 42.5 Å². The van der Waals surface area contributed by atoms with Crippen molar-refractivity contribution >= 4 is 23.3 Å². The van der Waals surface area contributed by atoms with Crippen molar-refractivity contribution < 1.29 is 9.59 Å². The van der Waals surface area contributed by atoms with Crippen molar-refractivity contribution in [3.8, 4) is 6.07 Å². The lowest BCUT2D eigenvalue weighted by Gasteiger charge is -2.33. The van der Waals surface area contributed by atoms with Gasteiger partial charge in [-0.05, 0) is 41.8 Å². The maximum absolute atomic E-state index is 13.2. The first kappa shape index (κ1) is 23.9. The van der Waals surface area contributed by atoms with Gasteiger partial charge in [-0.25, -0.2) is 4.98 Å². The van der Waals surface area contributed by atoms with Gasteiger partial charge < -0.3 is 20.4 Å². The molecular weight excluding hydrogens is 440 g/mol. The highest BCUT2D eigenvalue weighted by atomic mass is 16.2. The molecule has 2 amide bonds. The first-order valence-electron chi connectivity index (χ1n) is 11.6. The van der Waals surface area contributed by atoms with Gasteiger partial charge in [0.05, 0.1) is 30.1 Å². The Labute approximate surface area is 205 Å². The molecule has 0 unspecified atom stereocenters. The molecule has 2 aromatic carbocycles. The zero-order chi connectivity index (χ0) is 24.6. The Hall–Kier alpha value is -4.22. The van der Waals surface area contributed by atoms with Crippen LogP contribution in [0.15, 0.2) is 72.9 Å². The molecular formula is C27H28N6O2. The van der Waals surface area contributed by atoms with Gasteiger partial charge in [-0.15, -0.1) is 0 Å². The maximum atomic E-state index is 13.2. The Morgan fingerprint density at radius 2 is 1.86 bits per heavy atom. The molecule has 1 aliphatic heterocycles. The average molecular weight is 469 g/mol. The third kappa shape index (κ3) is 6.22. The number of anilines is 2. The van der Waals surface area contributed by atoms with Crippen LogP contribution in [0.25, 0.3) is 0 Å². The molecule has 0 spiro atoms. The number of carbonyl (C=O) groups excluding carboxylic acids is 2. The fourth-order valence-corrected chi connectivity index (χ4v) is 3.94. The van der Waals surface area contributed by atoms with Crippen LogP contribution in [0.4, 0.5) is 11.5 Å². The number of aromatic nitrogens is 1. The van der Waals surface area contributed by atoms with E-state index in [1.54, 1.807) is 36.3 Å². The van der Waals surface area contributed by atoms with Crippen LogP contribution in [0.1, 0.15) is 22.7 Å². The van der Waals surface area contributed by atoms with Crippen molar-refractivity contribution in [2.45, 2.75) is 12.5 Å². The van der Waals surface area contributed by atoms with E-state index in [1.807, 2.05) is 53.4 Å². The summed E-state index contributed by atoms with van der Waals surface area (Å²) in [5, 5.41) is 15.2. The van der Waals surface area contributed by atoms with E-state index in [0.717, 1.165) is 29.8 Å². The molecule has 3 aromatic rings. The van der Waals surface area contributed by atoms with E-state index in [-0.39, 0.29) is 11.8 Å². The Kier molecular flexibility index (Phi) is 7.70. The van der Waals surface area contributed by atoms with Crippen LogP contribution in [0, 0.1) is 11.3 Å². The molecule has 0 saturated carbocycles. The van der Waals surface area contributed by atoms with E-state index in [2.05, 4.69) is 21.7 Å². The molecule has 1 aliphatic rings. The van der Waals surface area contributed by atoms with E-state index in [0.29, 0.717) is 31.0 Å². The Morgan fingerprint density at radius 1 is 1.09 bits per heavy atom. The normalized spacial score (nSPS) is 14.3. The lowest BCUT2D eigenvalue weighted by Crippen LogP contribution is -2.48. The van der Waals surface area contributed by atoms with Crippen molar-refractivity contribution in [3.05, 3.63) is 89.6 Å². The van der Waals surface area contributed by atoms with Gasteiger partial charge in [-0.3, -0.25) is 9.59 Å². The summed E-state index contributed by atoms with van der Waals surface area (Å²) in [4.78, 5) is 33.3. The highest BCUT2D eigenvalue weighted by molar-refractivity contribution is 5.95. The molecule has 0 radical (unpaired) electrons. The zero-order valence-electron chi connectivity index (χ0n) is 19.6. The fraction of sp³-hybridized carbons (Fsp3) is 0.259. The van der Waals surface area contributed by atoms with Crippen LogP contribution in [0.2, 0.25) is 0 Å². The minimum atomic E-state index is -0.550. The number of likely N-dealkylation sites (N-methyl/N-ethyl adjacent to an activating group) is 1. The lowest BCUT2D eigenvalue weighted by molar-refractivity contribution is -0.129. The molecule has 8 heteroatoms. The summed E-state index contributed by atoms with van der Waals surface area (Å²) in [6.07, 6.45) is 2.41. The van der Waals surface area contributed by atoms with Crippen LogP contribution in [-0.4, -0.2) is 54.9 Å². The second kappa shape index (κ2) is 11.3. The predicted molar refractivity (Wildman–Crippen MR) is 135 cm³/mol. The highest BCUT2D eigenvalue weighted by Crippen LogP contribution is 2.19. The molecule has 35 heavy (non-hydrogen) atoms. The van der Waals surface area contributed by atoms with Crippen LogP contribution < -0.4 is 15.5 Å². The molecule has 4 rings (SSSR count). The number of nitrogens with zero attached hydrogens (tertiary/aromatic N) is 4. The number of hydrogen-bond acceptors (Lipinski definition) is 6. The molecule has 178 valence electrons. The number of hydrogen-bond donors (Lipinski definition) is 2. The smallest absolute Gasteiger partial charge is 0.247 e. The van der Waals surface area contributed by atoms with Crippen molar-refractivity contribution in [2.24, 2.45) is 0 Å². The second-order valence-corrected chi connectivity index (χ2v) is 8.48. The third-order valence-electron chi connectivity index (χ3n) is 6.06. The number of piperazine rings is 1. The van der Waals surface area contributed by atoms with Gasteiger partial charge >= 0.3 is 0 Å². The fourth-order valence-electron chi connectivity index (χ4n) is 3.94. The van der Waals surface area contributed by atoms with E-state index in [9.17, 15) is 9.59 Å². The number of rotatable bonds is 8. The van der Waals surface area contributed by atoms with Gasteiger partial charge in [0, 0.05) is 26.7 Å². The number of nitriles is 1. The third-order valence-corrected chi connectivity index (χ3v) is 6.06. The van der Waals surface area contributed by atoms with Crippen molar-refractivity contribution in [2.75, 3.05) is 43.4 Å². The summed E-state index contributed by atoms with van der Waals surface area (Å²) in [6, 6.07) is 22.2. The number of pyridine rings is 1. The van der Waals surface area contributed by atoms with Crippen LogP contribution >= 0.6 is 0 Å². The van der Waals surface area contributed by atoms with Crippen molar-refractivity contribution in [1.29, 1.82) is 5.26 Å².